The van der Waals surface area contributed by atoms with Crippen LogP contribution in [0.5, 0.6) is 0 Å². The van der Waals surface area contributed by atoms with Crippen LogP contribution in [-0.2, 0) is 9.53 Å². The number of hydrogen-bond donors (Lipinski definition) is 1. The zero-order chi connectivity index (χ0) is 11.3. The van der Waals surface area contributed by atoms with Crippen molar-refractivity contribution in [1.29, 1.82) is 0 Å². The number of aliphatic hydroxyl groups excluding tert-OH is 1. The highest BCUT2D eigenvalue weighted by Gasteiger charge is 2.27. The number of rotatable bonds is 5. The Hall–Kier alpha value is -0.570. The molecule has 3 heteroatoms. The van der Waals surface area contributed by atoms with Gasteiger partial charge in [-0.05, 0) is 18.8 Å². The minimum atomic E-state index is -0.488. The summed E-state index contributed by atoms with van der Waals surface area (Å²) in [5.41, 5.74) is 0. The predicted molar refractivity (Wildman–Crippen MR) is 58.4 cm³/mol. The van der Waals surface area contributed by atoms with E-state index < -0.39 is 6.10 Å². The SMILES string of the molecule is CCC(CC)CC[C@@H]1C[C@@H](O)CC(=O)O1. The zero-order valence-corrected chi connectivity index (χ0v) is 9.74. The summed E-state index contributed by atoms with van der Waals surface area (Å²) in [4.78, 5) is 11.1. The van der Waals surface area contributed by atoms with Gasteiger partial charge in [0.15, 0.2) is 0 Å². The van der Waals surface area contributed by atoms with Crippen LogP contribution in [0.4, 0.5) is 0 Å². The molecule has 88 valence electrons. The molecule has 0 aromatic heterocycles. The zero-order valence-electron chi connectivity index (χ0n) is 9.74. The van der Waals surface area contributed by atoms with Crippen LogP contribution in [0.25, 0.3) is 0 Å². The molecular weight excluding hydrogens is 192 g/mol. The fraction of sp³-hybridized carbons (Fsp3) is 0.917. The number of cyclic esters (lactones) is 1. The summed E-state index contributed by atoms with van der Waals surface area (Å²) < 4.78 is 5.20. The maximum Gasteiger partial charge on any atom is 0.308 e. The molecule has 1 heterocycles. The van der Waals surface area contributed by atoms with Gasteiger partial charge in [0.25, 0.3) is 0 Å². The highest BCUT2D eigenvalue weighted by molar-refractivity contribution is 5.70. The normalized spacial score (nSPS) is 26.8. The van der Waals surface area contributed by atoms with Crippen molar-refractivity contribution in [3.8, 4) is 0 Å². The molecule has 0 bridgehead atoms. The molecule has 1 rings (SSSR count). The van der Waals surface area contributed by atoms with Gasteiger partial charge < -0.3 is 9.84 Å². The lowest BCUT2D eigenvalue weighted by Gasteiger charge is -2.27. The minimum absolute atomic E-state index is 0.0538. The van der Waals surface area contributed by atoms with Crippen LogP contribution in [0.15, 0.2) is 0 Å². The van der Waals surface area contributed by atoms with Crippen LogP contribution in [-0.4, -0.2) is 23.3 Å². The van der Waals surface area contributed by atoms with E-state index in [-0.39, 0.29) is 18.5 Å². The number of esters is 1. The van der Waals surface area contributed by atoms with E-state index in [9.17, 15) is 9.90 Å². The number of hydrogen-bond acceptors (Lipinski definition) is 3. The Balaban J connectivity index is 2.28. The minimum Gasteiger partial charge on any atom is -0.462 e. The molecule has 15 heavy (non-hydrogen) atoms. The van der Waals surface area contributed by atoms with Gasteiger partial charge in [0.05, 0.1) is 12.5 Å². The van der Waals surface area contributed by atoms with Crippen molar-refractivity contribution >= 4 is 5.97 Å². The number of aliphatic hydroxyl groups is 1. The van der Waals surface area contributed by atoms with Crippen LogP contribution < -0.4 is 0 Å². The van der Waals surface area contributed by atoms with Gasteiger partial charge in [0.1, 0.15) is 6.10 Å². The summed E-state index contributed by atoms with van der Waals surface area (Å²) >= 11 is 0. The predicted octanol–water partition coefficient (Wildman–Crippen LogP) is 2.27. The van der Waals surface area contributed by atoms with Crippen LogP contribution >= 0.6 is 0 Å². The lowest BCUT2D eigenvalue weighted by atomic mass is 9.93. The molecule has 0 amide bonds. The Morgan fingerprint density at radius 1 is 1.47 bits per heavy atom. The Morgan fingerprint density at radius 2 is 2.13 bits per heavy atom. The van der Waals surface area contributed by atoms with Crippen molar-refractivity contribution in [2.45, 2.75) is 64.6 Å². The van der Waals surface area contributed by atoms with E-state index in [1.807, 2.05) is 0 Å². The first-order valence-electron chi connectivity index (χ1n) is 6.03. The third-order valence-electron chi connectivity index (χ3n) is 3.29. The number of carbonyl (C=O) groups excluding carboxylic acids is 1. The molecule has 0 spiro atoms. The van der Waals surface area contributed by atoms with Gasteiger partial charge in [-0.1, -0.05) is 26.7 Å². The fourth-order valence-electron chi connectivity index (χ4n) is 2.16. The van der Waals surface area contributed by atoms with Crippen molar-refractivity contribution in [2.24, 2.45) is 5.92 Å². The average molecular weight is 214 g/mol. The second kappa shape index (κ2) is 6.11. The van der Waals surface area contributed by atoms with Crippen LogP contribution in [0.3, 0.4) is 0 Å². The van der Waals surface area contributed by atoms with Crippen molar-refractivity contribution in [1.82, 2.24) is 0 Å². The van der Waals surface area contributed by atoms with E-state index in [0.717, 1.165) is 18.8 Å². The van der Waals surface area contributed by atoms with Crippen molar-refractivity contribution in [3.63, 3.8) is 0 Å². The Morgan fingerprint density at radius 3 is 2.67 bits per heavy atom. The van der Waals surface area contributed by atoms with Crippen molar-refractivity contribution in [3.05, 3.63) is 0 Å². The summed E-state index contributed by atoms with van der Waals surface area (Å²) in [5.74, 6) is 0.478. The first-order valence-corrected chi connectivity index (χ1v) is 6.03. The summed E-state index contributed by atoms with van der Waals surface area (Å²) in [6.45, 7) is 4.38. The first-order chi connectivity index (χ1) is 7.15. The lowest BCUT2D eigenvalue weighted by Crippen LogP contribution is -2.32. The molecule has 2 atom stereocenters. The maximum atomic E-state index is 11.1. The highest BCUT2D eigenvalue weighted by Crippen LogP contribution is 2.23. The van der Waals surface area contributed by atoms with Gasteiger partial charge >= 0.3 is 5.97 Å². The molecule has 1 fully saturated rings. The van der Waals surface area contributed by atoms with Gasteiger partial charge in [-0.15, -0.1) is 0 Å². The molecule has 0 saturated carbocycles. The number of carbonyl (C=O) groups is 1. The van der Waals surface area contributed by atoms with Crippen LogP contribution in [0.1, 0.15) is 52.4 Å². The Kier molecular flexibility index (Phi) is 5.09. The molecule has 0 radical (unpaired) electrons. The van der Waals surface area contributed by atoms with Gasteiger partial charge in [-0.25, -0.2) is 0 Å². The second-order valence-electron chi connectivity index (χ2n) is 4.47. The molecule has 0 unspecified atom stereocenters. The smallest absolute Gasteiger partial charge is 0.308 e. The molecule has 0 aromatic carbocycles. The molecule has 1 saturated heterocycles. The van der Waals surface area contributed by atoms with E-state index in [1.54, 1.807) is 0 Å². The van der Waals surface area contributed by atoms with Crippen LogP contribution in [0, 0.1) is 5.92 Å². The topological polar surface area (TPSA) is 46.5 Å². The van der Waals surface area contributed by atoms with E-state index in [2.05, 4.69) is 13.8 Å². The average Bonchev–Trinajstić information content (AvgIpc) is 2.18. The largest absolute Gasteiger partial charge is 0.462 e. The molecule has 1 N–H and O–H groups in total. The second-order valence-corrected chi connectivity index (χ2v) is 4.47. The Labute approximate surface area is 91.8 Å². The summed E-state index contributed by atoms with van der Waals surface area (Å²) in [5, 5.41) is 9.43. The summed E-state index contributed by atoms with van der Waals surface area (Å²) in [6.07, 6.45) is 4.60. The monoisotopic (exact) mass is 214 g/mol. The van der Waals surface area contributed by atoms with E-state index >= 15 is 0 Å². The molecule has 0 aliphatic carbocycles. The molecule has 3 nitrogen and oxygen atoms in total. The molecule has 0 aromatic rings. The fourth-order valence-corrected chi connectivity index (χ4v) is 2.16. The van der Waals surface area contributed by atoms with Crippen molar-refractivity contribution < 1.29 is 14.6 Å². The first kappa shape index (κ1) is 12.5. The third kappa shape index (κ3) is 4.20. The van der Waals surface area contributed by atoms with Gasteiger partial charge in [0, 0.05) is 6.42 Å². The summed E-state index contributed by atoms with van der Waals surface area (Å²) in [7, 11) is 0. The molecule has 1 aliphatic heterocycles. The maximum absolute atomic E-state index is 11.1. The van der Waals surface area contributed by atoms with Crippen LogP contribution in [0.2, 0.25) is 0 Å². The third-order valence-corrected chi connectivity index (χ3v) is 3.29. The Bertz CT molecular complexity index is 199. The van der Waals surface area contributed by atoms with E-state index in [0.29, 0.717) is 6.42 Å². The van der Waals surface area contributed by atoms with Gasteiger partial charge in [-0.2, -0.15) is 0 Å². The number of ether oxygens (including phenoxy) is 1. The van der Waals surface area contributed by atoms with E-state index in [1.165, 1.54) is 12.8 Å². The lowest BCUT2D eigenvalue weighted by molar-refractivity contribution is -0.160. The highest BCUT2D eigenvalue weighted by atomic mass is 16.5. The van der Waals surface area contributed by atoms with E-state index in [4.69, 9.17) is 4.74 Å². The summed E-state index contributed by atoms with van der Waals surface area (Å²) in [6, 6.07) is 0. The molecular formula is C12H22O3. The van der Waals surface area contributed by atoms with Gasteiger partial charge in [0.2, 0.25) is 0 Å². The standard InChI is InChI=1S/C12H22O3/c1-3-9(4-2)5-6-11-7-10(13)8-12(14)15-11/h9-11,13H,3-8H2,1-2H3/t10-,11-/m1/s1. The molecule has 1 aliphatic rings. The van der Waals surface area contributed by atoms with Gasteiger partial charge in [-0.3, -0.25) is 4.79 Å². The quantitative estimate of drug-likeness (QED) is 0.714. The van der Waals surface area contributed by atoms with Crippen molar-refractivity contribution in [2.75, 3.05) is 0 Å².